The largest absolute Gasteiger partial charge is 0.496 e. The molecule has 126 valence electrons. The van der Waals surface area contributed by atoms with E-state index < -0.39 is 11.5 Å². The van der Waals surface area contributed by atoms with Gasteiger partial charge in [-0.15, -0.1) is 0 Å². The molecule has 0 aliphatic carbocycles. The van der Waals surface area contributed by atoms with Gasteiger partial charge in [0.05, 0.1) is 7.11 Å². The first-order chi connectivity index (χ1) is 11.4. The maximum absolute atomic E-state index is 12.6. The molecule has 1 heterocycles. The second kappa shape index (κ2) is 6.11. The van der Waals surface area contributed by atoms with Gasteiger partial charge in [-0.2, -0.15) is 0 Å². The van der Waals surface area contributed by atoms with Crippen LogP contribution in [0.1, 0.15) is 42.9 Å². The lowest BCUT2D eigenvalue weighted by molar-refractivity contribution is -0.129. The molecule has 0 saturated heterocycles. The molecule has 2 N–H and O–H groups in total. The fourth-order valence-electron chi connectivity index (χ4n) is 3.08. The van der Waals surface area contributed by atoms with Crippen LogP contribution in [0.3, 0.4) is 0 Å². The van der Waals surface area contributed by atoms with Crippen LogP contribution in [0.5, 0.6) is 5.75 Å². The number of fused-ring (bicyclic) bond motifs is 1. The summed E-state index contributed by atoms with van der Waals surface area (Å²) in [4.78, 5) is 12.6. The number of halogens is 1. The van der Waals surface area contributed by atoms with Crippen LogP contribution in [-0.4, -0.2) is 18.1 Å². The number of hydrogen-bond acceptors (Lipinski definition) is 3. The van der Waals surface area contributed by atoms with Gasteiger partial charge in [0.1, 0.15) is 5.75 Å². The summed E-state index contributed by atoms with van der Waals surface area (Å²) in [6, 6.07) is 10.6. The van der Waals surface area contributed by atoms with Crippen molar-refractivity contribution in [2.24, 2.45) is 0 Å². The SMILES string of the molecule is CCC(C)c1ccc(OC)c(C2(O)C(=O)Nc3ccc(Cl)cc32)c1. The van der Waals surface area contributed by atoms with Gasteiger partial charge >= 0.3 is 0 Å². The molecule has 0 fully saturated rings. The van der Waals surface area contributed by atoms with Crippen LogP contribution >= 0.6 is 11.6 Å². The lowest BCUT2D eigenvalue weighted by Gasteiger charge is -2.25. The lowest BCUT2D eigenvalue weighted by atomic mass is 9.84. The number of hydrogen-bond donors (Lipinski definition) is 2. The van der Waals surface area contributed by atoms with Gasteiger partial charge in [-0.3, -0.25) is 4.79 Å². The van der Waals surface area contributed by atoms with E-state index in [2.05, 4.69) is 19.2 Å². The molecule has 1 aliphatic rings. The monoisotopic (exact) mass is 345 g/mol. The third kappa shape index (κ3) is 2.46. The molecular formula is C19H20ClNO3. The highest BCUT2D eigenvalue weighted by Crippen LogP contribution is 2.45. The van der Waals surface area contributed by atoms with Crippen molar-refractivity contribution in [3.8, 4) is 5.75 Å². The van der Waals surface area contributed by atoms with Crippen LogP contribution in [-0.2, 0) is 10.4 Å². The van der Waals surface area contributed by atoms with Gasteiger partial charge in [-0.05, 0) is 48.2 Å². The average molecular weight is 346 g/mol. The number of methoxy groups -OCH3 is 1. The summed E-state index contributed by atoms with van der Waals surface area (Å²) < 4.78 is 5.41. The Hall–Kier alpha value is -2.04. The normalized spacial score (nSPS) is 20.5. The van der Waals surface area contributed by atoms with E-state index in [-0.39, 0.29) is 0 Å². The summed E-state index contributed by atoms with van der Waals surface area (Å²) in [7, 11) is 1.52. The molecule has 0 radical (unpaired) electrons. The molecular weight excluding hydrogens is 326 g/mol. The first-order valence-electron chi connectivity index (χ1n) is 7.94. The molecule has 2 aromatic carbocycles. The third-order valence-electron chi connectivity index (χ3n) is 4.74. The molecule has 0 spiro atoms. The summed E-state index contributed by atoms with van der Waals surface area (Å²) in [5.41, 5.74) is 0.656. The predicted octanol–water partition coefficient (Wildman–Crippen LogP) is 4.05. The van der Waals surface area contributed by atoms with Crippen molar-refractivity contribution in [3.05, 3.63) is 58.1 Å². The van der Waals surface area contributed by atoms with Gasteiger partial charge < -0.3 is 15.2 Å². The Bertz CT molecular complexity index is 805. The van der Waals surface area contributed by atoms with Crippen molar-refractivity contribution < 1.29 is 14.6 Å². The molecule has 0 saturated carbocycles. The lowest BCUT2D eigenvalue weighted by Crippen LogP contribution is -2.36. The molecule has 2 atom stereocenters. The summed E-state index contributed by atoms with van der Waals surface area (Å²) in [5, 5.41) is 14.5. The fraction of sp³-hybridized carbons (Fsp3) is 0.316. The Balaban J connectivity index is 2.24. The maximum Gasteiger partial charge on any atom is 0.266 e. The number of anilines is 1. The van der Waals surface area contributed by atoms with Gasteiger partial charge in [0.25, 0.3) is 5.91 Å². The number of nitrogens with one attached hydrogen (secondary N) is 1. The number of ether oxygens (including phenoxy) is 1. The van der Waals surface area contributed by atoms with Crippen molar-refractivity contribution in [3.63, 3.8) is 0 Å². The Labute approximate surface area is 146 Å². The second-order valence-corrected chi connectivity index (χ2v) is 6.56. The number of rotatable bonds is 4. The number of amides is 1. The zero-order valence-electron chi connectivity index (χ0n) is 13.9. The minimum Gasteiger partial charge on any atom is -0.496 e. The molecule has 0 bridgehead atoms. The molecule has 3 rings (SSSR count). The van der Waals surface area contributed by atoms with Crippen LogP contribution in [0.4, 0.5) is 5.69 Å². The van der Waals surface area contributed by atoms with E-state index in [1.54, 1.807) is 24.3 Å². The van der Waals surface area contributed by atoms with Crippen molar-refractivity contribution in [2.75, 3.05) is 12.4 Å². The Morgan fingerprint density at radius 2 is 2.00 bits per heavy atom. The maximum atomic E-state index is 12.6. The minimum absolute atomic E-state index is 0.307. The summed E-state index contributed by atoms with van der Waals surface area (Å²) in [6.45, 7) is 4.20. The fourth-order valence-corrected chi connectivity index (χ4v) is 3.25. The molecule has 2 unspecified atom stereocenters. The highest BCUT2D eigenvalue weighted by molar-refractivity contribution is 6.31. The van der Waals surface area contributed by atoms with E-state index in [1.165, 1.54) is 7.11 Å². The zero-order valence-corrected chi connectivity index (χ0v) is 14.6. The van der Waals surface area contributed by atoms with E-state index in [1.807, 2.05) is 12.1 Å². The van der Waals surface area contributed by atoms with Gasteiger partial charge in [-0.25, -0.2) is 0 Å². The van der Waals surface area contributed by atoms with Crippen molar-refractivity contribution in [1.29, 1.82) is 0 Å². The Kier molecular flexibility index (Phi) is 4.28. The van der Waals surface area contributed by atoms with Crippen LogP contribution in [0.2, 0.25) is 5.02 Å². The highest BCUT2D eigenvalue weighted by atomic mass is 35.5. The van der Waals surface area contributed by atoms with Crippen LogP contribution in [0.25, 0.3) is 0 Å². The van der Waals surface area contributed by atoms with Gasteiger partial charge in [0.15, 0.2) is 5.60 Å². The quantitative estimate of drug-likeness (QED) is 0.878. The van der Waals surface area contributed by atoms with Crippen LogP contribution < -0.4 is 10.1 Å². The molecule has 1 amide bonds. The van der Waals surface area contributed by atoms with Crippen molar-refractivity contribution >= 4 is 23.2 Å². The van der Waals surface area contributed by atoms with Crippen LogP contribution in [0.15, 0.2) is 36.4 Å². The van der Waals surface area contributed by atoms with Gasteiger partial charge in [0, 0.05) is 21.8 Å². The number of carbonyl (C=O) groups excluding carboxylic acids is 1. The Morgan fingerprint density at radius 1 is 1.25 bits per heavy atom. The van der Waals surface area contributed by atoms with Crippen LogP contribution in [0, 0.1) is 0 Å². The number of benzene rings is 2. The molecule has 0 aromatic heterocycles. The second-order valence-electron chi connectivity index (χ2n) is 6.12. The van der Waals surface area contributed by atoms with Gasteiger partial charge in [0.2, 0.25) is 0 Å². The molecule has 2 aromatic rings. The number of aliphatic hydroxyl groups is 1. The topological polar surface area (TPSA) is 58.6 Å². The van der Waals surface area contributed by atoms with Crippen molar-refractivity contribution in [2.45, 2.75) is 31.8 Å². The standard InChI is InChI=1S/C19H20ClNO3/c1-4-11(2)12-5-8-17(24-3)15(9-12)19(23)14-10-13(20)6-7-16(14)21-18(19)22/h5-11,23H,4H2,1-3H3,(H,21,22). The van der Waals surface area contributed by atoms with E-state index in [0.717, 1.165) is 12.0 Å². The summed E-state index contributed by atoms with van der Waals surface area (Å²) in [6.07, 6.45) is 0.957. The third-order valence-corrected chi connectivity index (χ3v) is 4.98. The van der Waals surface area contributed by atoms with E-state index >= 15 is 0 Å². The van der Waals surface area contributed by atoms with E-state index in [4.69, 9.17) is 16.3 Å². The van der Waals surface area contributed by atoms with E-state index in [9.17, 15) is 9.90 Å². The smallest absolute Gasteiger partial charge is 0.266 e. The first kappa shape index (κ1) is 16.8. The summed E-state index contributed by atoms with van der Waals surface area (Å²) >= 11 is 6.08. The van der Waals surface area contributed by atoms with Gasteiger partial charge in [-0.1, -0.05) is 31.5 Å². The number of carbonyl (C=O) groups is 1. The predicted molar refractivity (Wildman–Crippen MR) is 94.8 cm³/mol. The minimum atomic E-state index is -1.82. The Morgan fingerprint density at radius 3 is 2.67 bits per heavy atom. The zero-order chi connectivity index (χ0) is 17.5. The molecule has 1 aliphatic heterocycles. The molecule has 5 heteroatoms. The van der Waals surface area contributed by atoms with Crippen molar-refractivity contribution in [1.82, 2.24) is 0 Å². The van der Waals surface area contributed by atoms with E-state index in [0.29, 0.717) is 33.5 Å². The molecule has 24 heavy (non-hydrogen) atoms. The molecule has 4 nitrogen and oxygen atoms in total. The first-order valence-corrected chi connectivity index (χ1v) is 8.31. The average Bonchev–Trinajstić information content (AvgIpc) is 2.85. The summed E-state index contributed by atoms with van der Waals surface area (Å²) in [5.74, 6) is 0.272. The highest BCUT2D eigenvalue weighted by Gasteiger charge is 2.48.